The summed E-state index contributed by atoms with van der Waals surface area (Å²) in [5.74, 6) is 0.606. The van der Waals surface area contributed by atoms with E-state index in [0.29, 0.717) is 12.7 Å². The Labute approximate surface area is 109 Å². The van der Waals surface area contributed by atoms with Gasteiger partial charge < -0.3 is 0 Å². The molecule has 3 heteroatoms. The standard InChI is InChI=1S/C14H22ClFO/c15-12-8-5-3-1-2-4-6-10-14(16)11-7-9-13-17/h7,9,11,13H,1-6,8,10,12H2/b9-7+,14-11+. The van der Waals surface area contributed by atoms with E-state index in [1.165, 1.54) is 43.9 Å². The number of rotatable bonds is 11. The first kappa shape index (κ1) is 16.4. The molecule has 98 valence electrons. The summed E-state index contributed by atoms with van der Waals surface area (Å²) in [5.41, 5.74) is 0. The topological polar surface area (TPSA) is 17.1 Å². The number of hydrogen-bond donors (Lipinski definition) is 0. The Morgan fingerprint density at radius 3 is 2.12 bits per heavy atom. The van der Waals surface area contributed by atoms with Crippen molar-refractivity contribution in [3.63, 3.8) is 0 Å². The van der Waals surface area contributed by atoms with E-state index in [9.17, 15) is 9.18 Å². The molecule has 0 atom stereocenters. The van der Waals surface area contributed by atoms with Crippen LogP contribution >= 0.6 is 11.6 Å². The summed E-state index contributed by atoms with van der Waals surface area (Å²) in [7, 11) is 0. The zero-order valence-electron chi connectivity index (χ0n) is 10.3. The Bertz CT molecular complexity index is 236. The molecule has 0 aliphatic heterocycles. The minimum Gasteiger partial charge on any atom is -0.299 e. The Balaban J connectivity index is 3.30. The molecule has 0 saturated heterocycles. The summed E-state index contributed by atoms with van der Waals surface area (Å²) >= 11 is 5.58. The van der Waals surface area contributed by atoms with Crippen molar-refractivity contribution in [2.24, 2.45) is 0 Å². The third kappa shape index (κ3) is 13.3. The highest BCUT2D eigenvalue weighted by Crippen LogP contribution is 2.13. The maximum absolute atomic E-state index is 13.1. The highest BCUT2D eigenvalue weighted by molar-refractivity contribution is 6.17. The average molecular weight is 261 g/mol. The Morgan fingerprint density at radius 1 is 0.941 bits per heavy atom. The molecule has 0 aliphatic carbocycles. The molecule has 1 nitrogen and oxygen atoms in total. The van der Waals surface area contributed by atoms with Crippen LogP contribution in [0.5, 0.6) is 0 Å². The SMILES string of the molecule is O=C/C=C/C=C(/F)CCCCCCCCCCl. The first-order valence-corrected chi connectivity index (χ1v) is 6.87. The van der Waals surface area contributed by atoms with E-state index in [0.717, 1.165) is 25.1 Å². The van der Waals surface area contributed by atoms with Crippen molar-refractivity contribution in [2.45, 2.75) is 51.4 Å². The summed E-state index contributed by atoms with van der Waals surface area (Å²) in [6, 6.07) is 0. The molecular formula is C14H22ClFO. The number of carbonyl (C=O) groups is 1. The van der Waals surface area contributed by atoms with E-state index >= 15 is 0 Å². The molecule has 0 rings (SSSR count). The maximum atomic E-state index is 13.1. The van der Waals surface area contributed by atoms with Crippen LogP contribution in [0.4, 0.5) is 4.39 Å². The van der Waals surface area contributed by atoms with Crippen LogP contribution in [0.3, 0.4) is 0 Å². The fourth-order valence-corrected chi connectivity index (χ4v) is 1.75. The van der Waals surface area contributed by atoms with E-state index < -0.39 is 0 Å². The summed E-state index contributed by atoms with van der Waals surface area (Å²) < 4.78 is 13.1. The number of alkyl halides is 1. The summed E-state index contributed by atoms with van der Waals surface area (Å²) in [6.07, 6.45) is 13.1. The maximum Gasteiger partial charge on any atom is 0.142 e. The Morgan fingerprint density at radius 2 is 1.53 bits per heavy atom. The van der Waals surface area contributed by atoms with Gasteiger partial charge in [-0.25, -0.2) is 4.39 Å². The largest absolute Gasteiger partial charge is 0.299 e. The monoisotopic (exact) mass is 260 g/mol. The van der Waals surface area contributed by atoms with Gasteiger partial charge in [-0.3, -0.25) is 4.79 Å². The number of aldehydes is 1. The van der Waals surface area contributed by atoms with Gasteiger partial charge in [0.05, 0.1) is 5.83 Å². The number of hydrogen-bond acceptors (Lipinski definition) is 1. The van der Waals surface area contributed by atoms with Gasteiger partial charge in [-0.15, -0.1) is 11.6 Å². The molecule has 0 N–H and O–H groups in total. The van der Waals surface area contributed by atoms with Crippen molar-refractivity contribution in [1.82, 2.24) is 0 Å². The first-order chi connectivity index (χ1) is 8.31. The van der Waals surface area contributed by atoms with Gasteiger partial charge in [-0.05, 0) is 31.4 Å². The van der Waals surface area contributed by atoms with Crippen molar-refractivity contribution in [3.05, 3.63) is 24.1 Å². The third-order valence-electron chi connectivity index (χ3n) is 2.52. The van der Waals surface area contributed by atoms with Crippen LogP contribution in [0.15, 0.2) is 24.1 Å². The molecule has 0 bridgehead atoms. The van der Waals surface area contributed by atoms with Gasteiger partial charge in [0.2, 0.25) is 0 Å². The van der Waals surface area contributed by atoms with Gasteiger partial charge >= 0.3 is 0 Å². The molecule has 0 heterocycles. The summed E-state index contributed by atoms with van der Waals surface area (Å²) in [5, 5.41) is 0. The number of carbonyl (C=O) groups excluding carboxylic acids is 1. The summed E-state index contributed by atoms with van der Waals surface area (Å²) in [6.45, 7) is 0. The molecule has 0 amide bonds. The second-order valence-corrected chi connectivity index (χ2v) is 4.43. The molecule has 0 unspecified atom stereocenters. The Hall–Kier alpha value is -0.630. The van der Waals surface area contributed by atoms with E-state index in [1.54, 1.807) is 0 Å². The van der Waals surface area contributed by atoms with Crippen LogP contribution in [0.2, 0.25) is 0 Å². The molecule has 0 aromatic rings. The minimum absolute atomic E-state index is 0.148. The predicted octanol–water partition coefficient (Wildman–Crippen LogP) is 4.95. The number of halogens is 2. The minimum atomic E-state index is -0.148. The van der Waals surface area contributed by atoms with Crippen molar-refractivity contribution in [2.75, 3.05) is 5.88 Å². The highest BCUT2D eigenvalue weighted by Gasteiger charge is 1.95. The van der Waals surface area contributed by atoms with Crippen molar-refractivity contribution < 1.29 is 9.18 Å². The van der Waals surface area contributed by atoms with Gasteiger partial charge in [-0.2, -0.15) is 0 Å². The van der Waals surface area contributed by atoms with Crippen molar-refractivity contribution in [1.29, 1.82) is 0 Å². The second-order valence-electron chi connectivity index (χ2n) is 4.05. The van der Waals surface area contributed by atoms with Gasteiger partial charge in [0, 0.05) is 5.88 Å². The first-order valence-electron chi connectivity index (χ1n) is 6.33. The van der Waals surface area contributed by atoms with E-state index in [2.05, 4.69) is 0 Å². The van der Waals surface area contributed by atoms with Crippen LogP contribution in [-0.2, 0) is 4.79 Å². The zero-order valence-corrected chi connectivity index (χ0v) is 11.1. The Kier molecular flexibility index (Phi) is 12.9. The van der Waals surface area contributed by atoms with E-state index in [4.69, 9.17) is 11.6 Å². The lowest BCUT2D eigenvalue weighted by molar-refractivity contribution is -0.104. The molecule has 0 aromatic carbocycles. The van der Waals surface area contributed by atoms with Crippen LogP contribution in [0.1, 0.15) is 51.4 Å². The van der Waals surface area contributed by atoms with Gasteiger partial charge in [0.1, 0.15) is 6.29 Å². The molecular weight excluding hydrogens is 239 g/mol. The lowest BCUT2D eigenvalue weighted by atomic mass is 10.1. The van der Waals surface area contributed by atoms with Crippen LogP contribution in [-0.4, -0.2) is 12.2 Å². The second kappa shape index (κ2) is 13.4. The summed E-state index contributed by atoms with van der Waals surface area (Å²) in [4.78, 5) is 9.95. The third-order valence-corrected chi connectivity index (χ3v) is 2.78. The number of unbranched alkanes of at least 4 members (excludes halogenated alkanes) is 6. The van der Waals surface area contributed by atoms with Crippen LogP contribution < -0.4 is 0 Å². The van der Waals surface area contributed by atoms with E-state index in [1.807, 2.05) is 0 Å². The molecule has 0 radical (unpaired) electrons. The molecule has 17 heavy (non-hydrogen) atoms. The fraction of sp³-hybridized carbons (Fsp3) is 0.643. The number of allylic oxidation sites excluding steroid dienone is 4. The fourth-order valence-electron chi connectivity index (χ4n) is 1.56. The lowest BCUT2D eigenvalue weighted by Crippen LogP contribution is -1.82. The quantitative estimate of drug-likeness (QED) is 0.169. The van der Waals surface area contributed by atoms with Crippen molar-refractivity contribution >= 4 is 17.9 Å². The highest BCUT2D eigenvalue weighted by atomic mass is 35.5. The smallest absolute Gasteiger partial charge is 0.142 e. The molecule has 0 aliphatic rings. The lowest BCUT2D eigenvalue weighted by Gasteiger charge is -2.00. The van der Waals surface area contributed by atoms with Gasteiger partial charge in [0.15, 0.2) is 0 Å². The average Bonchev–Trinajstić information content (AvgIpc) is 2.33. The van der Waals surface area contributed by atoms with Crippen molar-refractivity contribution in [3.8, 4) is 0 Å². The molecule has 0 fully saturated rings. The van der Waals surface area contributed by atoms with E-state index in [-0.39, 0.29) is 5.83 Å². The zero-order chi connectivity index (χ0) is 12.8. The predicted molar refractivity (Wildman–Crippen MR) is 72.1 cm³/mol. The normalized spacial score (nSPS) is 12.2. The van der Waals surface area contributed by atoms with Gasteiger partial charge in [0.25, 0.3) is 0 Å². The van der Waals surface area contributed by atoms with Crippen LogP contribution in [0, 0.1) is 0 Å². The molecule has 0 aromatic heterocycles. The molecule has 0 saturated carbocycles. The van der Waals surface area contributed by atoms with Gasteiger partial charge in [-0.1, -0.05) is 38.2 Å². The van der Waals surface area contributed by atoms with Crippen LogP contribution in [0.25, 0.3) is 0 Å². The molecule has 0 spiro atoms.